The molecule has 19 heavy (non-hydrogen) atoms. The van der Waals surface area contributed by atoms with Crippen LogP contribution in [0.3, 0.4) is 0 Å². The second-order valence-corrected chi connectivity index (χ2v) is 6.39. The minimum atomic E-state index is 0.537. The molecule has 1 aromatic carbocycles. The average molecular weight is 275 g/mol. The number of hydrogen-bond acceptors (Lipinski definition) is 3. The van der Waals surface area contributed by atoms with E-state index in [-0.39, 0.29) is 0 Å². The molecule has 0 radical (unpaired) electrons. The molecule has 0 aliphatic heterocycles. The Labute approximate surface area is 119 Å². The van der Waals surface area contributed by atoms with Gasteiger partial charge in [0.15, 0.2) is 0 Å². The first kappa shape index (κ1) is 14.2. The average Bonchev–Trinajstić information content (AvgIpc) is 2.87. The smallest absolute Gasteiger partial charge is 0.117 e. The van der Waals surface area contributed by atoms with E-state index in [1.165, 1.54) is 16.0 Å². The summed E-state index contributed by atoms with van der Waals surface area (Å²) < 4.78 is 5.30. The van der Waals surface area contributed by atoms with Crippen LogP contribution in [0.5, 0.6) is 0 Å². The lowest BCUT2D eigenvalue weighted by molar-refractivity contribution is 0.484. The third-order valence-corrected chi connectivity index (χ3v) is 4.25. The first-order chi connectivity index (χ1) is 9.15. The van der Waals surface area contributed by atoms with E-state index in [1.54, 1.807) is 6.26 Å². The van der Waals surface area contributed by atoms with E-state index in [0.29, 0.717) is 5.25 Å². The lowest BCUT2D eigenvalue weighted by atomic mass is 10.2. The normalized spacial score (nSPS) is 12.6. The van der Waals surface area contributed by atoms with Gasteiger partial charge < -0.3 is 9.73 Å². The van der Waals surface area contributed by atoms with Crippen molar-refractivity contribution in [3.63, 3.8) is 0 Å². The maximum Gasteiger partial charge on any atom is 0.117 e. The molecule has 0 saturated heterocycles. The van der Waals surface area contributed by atoms with E-state index in [2.05, 4.69) is 44.3 Å². The van der Waals surface area contributed by atoms with Gasteiger partial charge in [-0.15, -0.1) is 11.8 Å². The number of furan rings is 1. The van der Waals surface area contributed by atoms with Gasteiger partial charge in [0.05, 0.1) is 12.8 Å². The van der Waals surface area contributed by atoms with E-state index >= 15 is 0 Å². The molecule has 0 spiro atoms. The largest absolute Gasteiger partial charge is 0.468 e. The van der Waals surface area contributed by atoms with Crippen LogP contribution in [0.25, 0.3) is 0 Å². The van der Waals surface area contributed by atoms with E-state index in [9.17, 15) is 0 Å². The molecule has 3 heteroatoms. The van der Waals surface area contributed by atoms with Gasteiger partial charge in [-0.3, -0.25) is 0 Å². The van der Waals surface area contributed by atoms with Crippen LogP contribution in [0.15, 0.2) is 45.9 Å². The van der Waals surface area contributed by atoms with Crippen molar-refractivity contribution < 1.29 is 4.42 Å². The van der Waals surface area contributed by atoms with Crippen molar-refractivity contribution in [2.45, 2.75) is 37.5 Å². The quantitative estimate of drug-likeness (QED) is 0.801. The molecule has 2 rings (SSSR count). The zero-order valence-corrected chi connectivity index (χ0v) is 12.6. The summed E-state index contributed by atoms with van der Waals surface area (Å²) in [6, 6.07) is 10.5. The number of nitrogens with one attached hydrogen (secondary N) is 1. The minimum absolute atomic E-state index is 0.537. The molecule has 0 amide bonds. The van der Waals surface area contributed by atoms with E-state index in [1.807, 2.05) is 23.9 Å². The molecule has 0 bridgehead atoms. The van der Waals surface area contributed by atoms with Gasteiger partial charge in [-0.1, -0.05) is 24.6 Å². The van der Waals surface area contributed by atoms with Crippen LogP contribution in [0.1, 0.15) is 23.8 Å². The second-order valence-electron chi connectivity index (χ2n) is 4.91. The predicted octanol–water partition coefficient (Wildman–Crippen LogP) is 4.17. The fourth-order valence-electron chi connectivity index (χ4n) is 1.90. The summed E-state index contributed by atoms with van der Waals surface area (Å²) in [4.78, 5) is 1.38. The molecule has 0 saturated carbocycles. The fraction of sp³-hybridized carbons (Fsp3) is 0.375. The number of benzene rings is 1. The summed E-state index contributed by atoms with van der Waals surface area (Å²) >= 11 is 1.93. The first-order valence-corrected chi connectivity index (χ1v) is 7.50. The van der Waals surface area contributed by atoms with Crippen molar-refractivity contribution in [3.05, 3.63) is 53.5 Å². The Balaban J connectivity index is 1.80. The molecular weight excluding hydrogens is 254 g/mol. The molecule has 0 aliphatic rings. The highest BCUT2D eigenvalue weighted by Crippen LogP contribution is 2.27. The van der Waals surface area contributed by atoms with Crippen LogP contribution in [-0.2, 0) is 6.54 Å². The maximum atomic E-state index is 5.30. The Morgan fingerprint density at radius 2 is 2.11 bits per heavy atom. The SMILES string of the molecule is Cc1ccc(C)c(SC(C)CNCc2ccco2)c1. The molecule has 102 valence electrons. The van der Waals surface area contributed by atoms with Gasteiger partial charge >= 0.3 is 0 Å². The molecule has 0 aliphatic carbocycles. The van der Waals surface area contributed by atoms with Gasteiger partial charge in [0, 0.05) is 16.7 Å². The summed E-state index contributed by atoms with van der Waals surface area (Å²) in [5.41, 5.74) is 2.68. The van der Waals surface area contributed by atoms with Crippen LogP contribution in [0.4, 0.5) is 0 Å². The highest BCUT2D eigenvalue weighted by atomic mass is 32.2. The van der Waals surface area contributed by atoms with Gasteiger partial charge in [-0.2, -0.15) is 0 Å². The van der Waals surface area contributed by atoms with Crippen LogP contribution < -0.4 is 5.32 Å². The maximum absolute atomic E-state index is 5.30. The number of hydrogen-bond donors (Lipinski definition) is 1. The Kier molecular flexibility index (Phi) is 5.11. The van der Waals surface area contributed by atoms with Gasteiger partial charge in [-0.25, -0.2) is 0 Å². The molecule has 0 fully saturated rings. The minimum Gasteiger partial charge on any atom is -0.468 e. The van der Waals surface area contributed by atoms with Gasteiger partial charge in [0.1, 0.15) is 5.76 Å². The van der Waals surface area contributed by atoms with Crippen LogP contribution in [-0.4, -0.2) is 11.8 Å². The molecule has 2 aromatic rings. The molecule has 1 aromatic heterocycles. The highest BCUT2D eigenvalue weighted by molar-refractivity contribution is 8.00. The van der Waals surface area contributed by atoms with Crippen molar-refractivity contribution in [2.24, 2.45) is 0 Å². The standard InChI is InChI=1S/C16H21NOS/c1-12-6-7-13(2)16(9-12)19-14(3)10-17-11-15-5-4-8-18-15/h4-9,14,17H,10-11H2,1-3H3. The molecule has 1 heterocycles. The summed E-state index contributed by atoms with van der Waals surface area (Å²) in [5, 5.41) is 3.96. The zero-order chi connectivity index (χ0) is 13.7. The molecule has 2 nitrogen and oxygen atoms in total. The monoisotopic (exact) mass is 275 g/mol. The third-order valence-electron chi connectivity index (χ3n) is 2.98. The Hall–Kier alpha value is -1.19. The number of rotatable bonds is 6. The zero-order valence-electron chi connectivity index (χ0n) is 11.8. The predicted molar refractivity (Wildman–Crippen MR) is 81.6 cm³/mol. The van der Waals surface area contributed by atoms with Gasteiger partial charge in [0.2, 0.25) is 0 Å². The second kappa shape index (κ2) is 6.83. The summed E-state index contributed by atoms with van der Waals surface area (Å²) in [6.07, 6.45) is 1.71. The van der Waals surface area contributed by atoms with Crippen molar-refractivity contribution in [1.29, 1.82) is 0 Å². The van der Waals surface area contributed by atoms with Crippen molar-refractivity contribution in [3.8, 4) is 0 Å². The topological polar surface area (TPSA) is 25.2 Å². The summed E-state index contributed by atoms with van der Waals surface area (Å²) in [7, 11) is 0. The van der Waals surface area contributed by atoms with Gasteiger partial charge in [-0.05, 0) is 37.6 Å². The lowest BCUT2D eigenvalue weighted by Crippen LogP contribution is -2.22. The van der Waals surface area contributed by atoms with Crippen LogP contribution in [0.2, 0.25) is 0 Å². The van der Waals surface area contributed by atoms with Crippen molar-refractivity contribution in [1.82, 2.24) is 5.32 Å². The molecule has 1 N–H and O–H groups in total. The molecular formula is C16H21NOS. The molecule has 1 atom stereocenters. The van der Waals surface area contributed by atoms with E-state index < -0.39 is 0 Å². The van der Waals surface area contributed by atoms with Gasteiger partial charge in [0.25, 0.3) is 0 Å². The highest BCUT2D eigenvalue weighted by Gasteiger charge is 2.07. The van der Waals surface area contributed by atoms with E-state index in [0.717, 1.165) is 18.8 Å². The Morgan fingerprint density at radius 3 is 2.84 bits per heavy atom. The molecule has 1 unspecified atom stereocenters. The van der Waals surface area contributed by atoms with Crippen molar-refractivity contribution in [2.75, 3.05) is 6.54 Å². The fourth-order valence-corrected chi connectivity index (χ4v) is 3.05. The lowest BCUT2D eigenvalue weighted by Gasteiger charge is -2.14. The Morgan fingerprint density at radius 1 is 1.26 bits per heavy atom. The van der Waals surface area contributed by atoms with Crippen molar-refractivity contribution >= 4 is 11.8 Å². The van der Waals surface area contributed by atoms with E-state index in [4.69, 9.17) is 4.42 Å². The van der Waals surface area contributed by atoms with Crippen LogP contribution >= 0.6 is 11.8 Å². The van der Waals surface area contributed by atoms with Crippen LogP contribution in [0, 0.1) is 13.8 Å². The summed E-state index contributed by atoms with van der Waals surface area (Å²) in [5.74, 6) is 0.990. The third kappa shape index (κ3) is 4.44. The first-order valence-electron chi connectivity index (χ1n) is 6.62. The Bertz CT molecular complexity index is 507. The summed E-state index contributed by atoms with van der Waals surface area (Å²) in [6.45, 7) is 8.33. The number of thioether (sulfide) groups is 1. The number of aryl methyl sites for hydroxylation is 2.